The van der Waals surface area contributed by atoms with Crippen molar-refractivity contribution in [3.05, 3.63) is 229 Å². The molecule has 0 saturated heterocycles. The normalized spacial score (nSPS) is 15.6. The Balaban J connectivity index is 1.04. The minimum Gasteiger partial charge on any atom is -0.311 e. The number of fused-ring (bicyclic) bond motifs is 3. The molecule has 1 aliphatic carbocycles. The predicted molar refractivity (Wildman–Crippen MR) is 307 cm³/mol. The lowest BCUT2D eigenvalue weighted by molar-refractivity contribution is 0.229. The van der Waals surface area contributed by atoms with Gasteiger partial charge in [-0.05, 0) is 157 Å². The minimum absolute atomic E-state index is 0.0751. The van der Waals surface area contributed by atoms with E-state index in [2.05, 4.69) is 291 Å². The summed E-state index contributed by atoms with van der Waals surface area (Å²) in [4.78, 5) is 2.38. The number of hydrogen-bond donors (Lipinski definition) is 0. The fraction of sp³-hybridized carbons (Fsp3) is 0.246. The molecule has 3 unspecified atom stereocenters. The predicted octanol–water partition coefficient (Wildman–Crippen LogP) is 20.0. The third kappa shape index (κ3) is 9.96. The van der Waals surface area contributed by atoms with E-state index in [-0.39, 0.29) is 16.2 Å². The quantitative estimate of drug-likeness (QED) is 0.133. The lowest BCUT2D eigenvalue weighted by Crippen LogP contribution is -2.23. The zero-order valence-corrected chi connectivity index (χ0v) is 43.5. The van der Waals surface area contributed by atoms with Gasteiger partial charge in [-0.25, -0.2) is 0 Å². The highest BCUT2D eigenvalue weighted by atomic mass is 15.1. The van der Waals surface area contributed by atoms with Crippen LogP contribution in [-0.4, -0.2) is 4.57 Å². The second-order valence-electron chi connectivity index (χ2n) is 23.4. The van der Waals surface area contributed by atoms with Crippen molar-refractivity contribution >= 4 is 38.9 Å². The summed E-state index contributed by atoms with van der Waals surface area (Å²) in [5.74, 6) is 1.30. The Labute approximate surface area is 424 Å². The van der Waals surface area contributed by atoms with Crippen LogP contribution in [-0.2, 0) is 5.41 Å². The number of aromatic nitrogens is 1. The number of hydrogen-bond acceptors (Lipinski definition) is 1. The summed E-state index contributed by atoms with van der Waals surface area (Å²) in [6.07, 6.45) is 10.1. The number of benzene rings is 8. The molecular formula is C69H70N2. The molecule has 0 amide bonds. The average molecular weight is 927 g/mol. The molecule has 0 radical (unpaired) electrons. The number of rotatable bonds is 10. The molecule has 0 fully saturated rings. The molecule has 2 heteroatoms. The van der Waals surface area contributed by atoms with Crippen molar-refractivity contribution in [2.45, 2.75) is 92.9 Å². The Bertz CT molecular complexity index is 3340. The van der Waals surface area contributed by atoms with Gasteiger partial charge < -0.3 is 9.47 Å². The second kappa shape index (κ2) is 18.9. The Morgan fingerprint density at radius 2 is 0.915 bits per heavy atom. The second-order valence-corrected chi connectivity index (χ2v) is 23.4. The van der Waals surface area contributed by atoms with Crippen LogP contribution in [0.3, 0.4) is 0 Å². The van der Waals surface area contributed by atoms with Crippen LogP contribution in [0.1, 0.15) is 104 Å². The summed E-state index contributed by atoms with van der Waals surface area (Å²) in [5, 5.41) is 2.50. The van der Waals surface area contributed by atoms with Crippen molar-refractivity contribution in [1.82, 2.24) is 4.57 Å². The molecule has 71 heavy (non-hydrogen) atoms. The third-order valence-electron chi connectivity index (χ3n) is 14.9. The van der Waals surface area contributed by atoms with E-state index in [9.17, 15) is 0 Å². The number of allylic oxidation sites excluding steroid dienone is 4. The third-order valence-corrected chi connectivity index (χ3v) is 14.9. The van der Waals surface area contributed by atoms with E-state index in [0.29, 0.717) is 17.8 Å². The first-order valence-electron chi connectivity index (χ1n) is 25.8. The van der Waals surface area contributed by atoms with Crippen molar-refractivity contribution in [1.29, 1.82) is 0 Å². The van der Waals surface area contributed by atoms with Gasteiger partial charge in [-0.3, -0.25) is 0 Å². The van der Waals surface area contributed by atoms with E-state index in [1.54, 1.807) is 0 Å². The molecule has 8 aromatic carbocycles. The molecule has 9 aromatic rings. The van der Waals surface area contributed by atoms with E-state index in [4.69, 9.17) is 0 Å². The monoisotopic (exact) mass is 927 g/mol. The first-order chi connectivity index (χ1) is 34.0. The lowest BCUT2D eigenvalue weighted by Gasteiger charge is -2.36. The Morgan fingerprint density at radius 1 is 0.465 bits per heavy atom. The molecule has 1 heterocycles. The molecule has 1 aliphatic rings. The van der Waals surface area contributed by atoms with Crippen LogP contribution in [0.15, 0.2) is 212 Å². The van der Waals surface area contributed by atoms with Crippen molar-refractivity contribution in [2.75, 3.05) is 4.90 Å². The fourth-order valence-corrected chi connectivity index (χ4v) is 10.9. The minimum atomic E-state index is 0.0751. The van der Waals surface area contributed by atoms with Gasteiger partial charge in [-0.2, -0.15) is 0 Å². The fourth-order valence-electron chi connectivity index (χ4n) is 10.9. The standard InChI is InChI=1S/C69H70N2/c1-47-16-14-15-19-61(47)52-28-38-59(39-29-52)70(57-34-24-49(25-35-57)48-17-12-11-13-18-48)58-36-26-51(27-37-58)55-31-43-66-63(45-55)62-44-54(30-42-65(62)71(66)60-40-32-56(33-41-60)68(5,6)7)50-20-22-53(23-21-50)64(69(8,9)10)46-67(2,3)4/h11-45,47,61,64H,46H2,1-10H3. The van der Waals surface area contributed by atoms with Crippen molar-refractivity contribution < 1.29 is 0 Å². The highest BCUT2D eigenvalue weighted by molar-refractivity contribution is 6.11. The topological polar surface area (TPSA) is 8.17 Å². The van der Waals surface area contributed by atoms with Gasteiger partial charge >= 0.3 is 0 Å². The molecule has 0 bridgehead atoms. The summed E-state index contributed by atoms with van der Waals surface area (Å²) in [5.41, 5.74) is 18.8. The summed E-state index contributed by atoms with van der Waals surface area (Å²) in [7, 11) is 0. The van der Waals surface area contributed by atoms with Gasteiger partial charge in [-0.15, -0.1) is 0 Å². The smallest absolute Gasteiger partial charge is 0.0541 e. The zero-order valence-electron chi connectivity index (χ0n) is 43.5. The van der Waals surface area contributed by atoms with Crippen LogP contribution in [0.2, 0.25) is 0 Å². The summed E-state index contributed by atoms with van der Waals surface area (Å²) < 4.78 is 2.45. The molecule has 356 valence electrons. The lowest BCUT2D eigenvalue weighted by atomic mass is 9.69. The average Bonchev–Trinajstić information content (AvgIpc) is 3.69. The van der Waals surface area contributed by atoms with Crippen LogP contribution in [0.5, 0.6) is 0 Å². The maximum atomic E-state index is 2.45. The molecule has 0 aliphatic heterocycles. The first-order valence-corrected chi connectivity index (χ1v) is 25.8. The van der Waals surface area contributed by atoms with Gasteiger partial charge in [0.05, 0.1) is 11.0 Å². The van der Waals surface area contributed by atoms with Crippen LogP contribution in [0.4, 0.5) is 17.1 Å². The molecule has 1 aromatic heterocycles. The van der Waals surface area contributed by atoms with Gasteiger partial charge in [0.25, 0.3) is 0 Å². The Kier molecular flexibility index (Phi) is 12.6. The SMILES string of the molecule is CC1C=CC=CC1c1ccc(N(c2ccc(-c3ccccc3)cc2)c2ccc(-c3ccc4c(c3)c3cc(-c5ccc(C(CC(C)(C)C)C(C)(C)C)cc5)ccc3n4-c3ccc(C(C)(C)C)cc3)cc2)cc1. The summed E-state index contributed by atoms with van der Waals surface area (Å²) in [6, 6.07) is 70.7. The molecule has 0 N–H and O–H groups in total. The Hall–Kier alpha value is -7.16. The van der Waals surface area contributed by atoms with Crippen molar-refractivity contribution in [3.63, 3.8) is 0 Å². The summed E-state index contributed by atoms with van der Waals surface area (Å²) >= 11 is 0. The van der Waals surface area contributed by atoms with Crippen LogP contribution >= 0.6 is 0 Å². The van der Waals surface area contributed by atoms with Crippen molar-refractivity contribution in [3.8, 4) is 39.1 Å². The molecule has 2 nitrogen and oxygen atoms in total. The highest BCUT2D eigenvalue weighted by Crippen LogP contribution is 2.45. The van der Waals surface area contributed by atoms with Gasteiger partial charge in [-0.1, -0.05) is 209 Å². The van der Waals surface area contributed by atoms with E-state index in [1.165, 1.54) is 77.6 Å². The van der Waals surface area contributed by atoms with Gasteiger partial charge in [0.2, 0.25) is 0 Å². The van der Waals surface area contributed by atoms with Crippen LogP contribution in [0, 0.1) is 16.7 Å². The number of nitrogens with zero attached hydrogens (tertiary/aromatic N) is 2. The zero-order chi connectivity index (χ0) is 49.7. The highest BCUT2D eigenvalue weighted by Gasteiger charge is 2.30. The van der Waals surface area contributed by atoms with Gasteiger partial charge in [0, 0.05) is 39.4 Å². The molecule has 0 spiro atoms. The van der Waals surface area contributed by atoms with E-state index < -0.39 is 0 Å². The van der Waals surface area contributed by atoms with E-state index >= 15 is 0 Å². The summed E-state index contributed by atoms with van der Waals surface area (Å²) in [6.45, 7) is 23.4. The largest absolute Gasteiger partial charge is 0.311 e. The maximum absolute atomic E-state index is 2.45. The van der Waals surface area contributed by atoms with Crippen LogP contribution in [0.25, 0.3) is 60.9 Å². The van der Waals surface area contributed by atoms with Crippen molar-refractivity contribution in [2.24, 2.45) is 16.7 Å². The molecular weight excluding hydrogens is 857 g/mol. The van der Waals surface area contributed by atoms with Gasteiger partial charge in [0.1, 0.15) is 0 Å². The van der Waals surface area contributed by atoms with E-state index in [0.717, 1.165) is 23.5 Å². The van der Waals surface area contributed by atoms with E-state index in [1.807, 2.05) is 0 Å². The maximum Gasteiger partial charge on any atom is 0.0541 e. The van der Waals surface area contributed by atoms with Gasteiger partial charge in [0.15, 0.2) is 0 Å². The molecule has 10 rings (SSSR count). The first kappa shape index (κ1) is 47.5. The molecule has 0 saturated carbocycles. The number of anilines is 3. The Morgan fingerprint density at radius 3 is 1.39 bits per heavy atom. The van der Waals surface area contributed by atoms with Crippen LogP contribution < -0.4 is 4.90 Å². The molecule has 3 atom stereocenters.